The second-order valence-electron chi connectivity index (χ2n) is 5.09. The van der Waals surface area contributed by atoms with Crippen LogP contribution < -0.4 is 0 Å². The lowest BCUT2D eigenvalue weighted by Gasteiger charge is -2.27. The van der Waals surface area contributed by atoms with Gasteiger partial charge in [-0.15, -0.1) is 0 Å². The van der Waals surface area contributed by atoms with Gasteiger partial charge in [0, 0.05) is 44.3 Å². The Kier molecular flexibility index (Phi) is 3.38. The summed E-state index contributed by atoms with van der Waals surface area (Å²) in [6.07, 6.45) is 5.97. The van der Waals surface area contributed by atoms with Crippen molar-refractivity contribution in [2.45, 2.75) is 19.4 Å². The number of hydrogen-bond acceptors (Lipinski definition) is 3. The van der Waals surface area contributed by atoms with E-state index in [0.29, 0.717) is 5.92 Å². The molecule has 5 heteroatoms. The molecular formula is C14H17N3OS. The molecule has 1 amide bonds. The molecule has 0 spiro atoms. The molecule has 0 aliphatic carbocycles. The Morgan fingerprint density at radius 2 is 2.53 bits per heavy atom. The lowest BCUT2D eigenvalue weighted by Crippen LogP contribution is -2.34. The maximum absolute atomic E-state index is 12.2. The molecule has 2 aromatic heterocycles. The molecule has 0 fully saturated rings. The van der Waals surface area contributed by atoms with Crippen molar-refractivity contribution in [1.29, 1.82) is 0 Å². The number of carbonyl (C=O) groups is 1. The Morgan fingerprint density at radius 1 is 1.63 bits per heavy atom. The minimum absolute atomic E-state index is 0.121. The molecule has 2 aromatic rings. The van der Waals surface area contributed by atoms with Gasteiger partial charge >= 0.3 is 0 Å². The van der Waals surface area contributed by atoms with Gasteiger partial charge in [-0.1, -0.05) is 0 Å². The summed E-state index contributed by atoms with van der Waals surface area (Å²) in [5.41, 5.74) is 0.796. The highest BCUT2D eigenvalue weighted by Crippen LogP contribution is 2.20. The summed E-state index contributed by atoms with van der Waals surface area (Å²) in [4.78, 5) is 18.4. The van der Waals surface area contributed by atoms with E-state index in [1.807, 2.05) is 41.2 Å². The number of fused-ring (bicyclic) bond motifs is 1. The molecule has 1 atom stereocenters. The lowest BCUT2D eigenvalue weighted by atomic mass is 9.97. The van der Waals surface area contributed by atoms with Crippen LogP contribution in [0.5, 0.6) is 0 Å². The standard InChI is InChI=1S/C14H17N3OS/c1-16(14(18)12-3-7-19-10-12)9-11-2-5-17-6-4-15-13(17)8-11/h3-4,6-7,10-11H,2,5,8-9H2,1H3. The second kappa shape index (κ2) is 5.17. The zero-order chi connectivity index (χ0) is 13.2. The molecule has 0 N–H and O–H groups in total. The van der Waals surface area contributed by atoms with Gasteiger partial charge in [0.15, 0.2) is 0 Å². The van der Waals surface area contributed by atoms with Gasteiger partial charge in [0.2, 0.25) is 0 Å². The fourth-order valence-electron chi connectivity index (χ4n) is 2.65. The number of thiophene rings is 1. The van der Waals surface area contributed by atoms with E-state index >= 15 is 0 Å². The van der Waals surface area contributed by atoms with Gasteiger partial charge < -0.3 is 9.47 Å². The predicted molar refractivity (Wildman–Crippen MR) is 75.3 cm³/mol. The third-order valence-corrected chi connectivity index (χ3v) is 4.38. The minimum Gasteiger partial charge on any atom is -0.341 e. The molecule has 1 unspecified atom stereocenters. The SMILES string of the molecule is CN(CC1CCn2ccnc2C1)C(=O)c1ccsc1. The molecule has 1 aliphatic rings. The van der Waals surface area contributed by atoms with Crippen LogP contribution in [0.25, 0.3) is 0 Å². The van der Waals surface area contributed by atoms with Crippen molar-refractivity contribution >= 4 is 17.2 Å². The monoisotopic (exact) mass is 275 g/mol. The normalized spacial score (nSPS) is 18.1. The van der Waals surface area contributed by atoms with Gasteiger partial charge in [-0.2, -0.15) is 11.3 Å². The Morgan fingerprint density at radius 3 is 3.32 bits per heavy atom. The summed E-state index contributed by atoms with van der Waals surface area (Å²) in [6, 6.07) is 1.89. The Balaban J connectivity index is 1.62. The predicted octanol–water partition coefficient (Wildman–Crippen LogP) is 2.28. The Labute approximate surface area is 116 Å². The molecular weight excluding hydrogens is 258 g/mol. The van der Waals surface area contributed by atoms with Gasteiger partial charge in [-0.3, -0.25) is 4.79 Å². The van der Waals surface area contributed by atoms with Crippen molar-refractivity contribution in [3.8, 4) is 0 Å². The summed E-state index contributed by atoms with van der Waals surface area (Å²) in [6.45, 7) is 1.82. The van der Waals surface area contributed by atoms with Crippen LogP contribution in [0.4, 0.5) is 0 Å². The highest BCUT2D eigenvalue weighted by Gasteiger charge is 2.22. The van der Waals surface area contributed by atoms with Crippen molar-refractivity contribution in [1.82, 2.24) is 14.5 Å². The van der Waals surface area contributed by atoms with Crippen LogP contribution in [0.15, 0.2) is 29.2 Å². The summed E-state index contributed by atoms with van der Waals surface area (Å²) in [5, 5.41) is 3.85. The molecule has 0 bridgehead atoms. The average molecular weight is 275 g/mol. The van der Waals surface area contributed by atoms with Gasteiger partial charge in [0.25, 0.3) is 5.91 Å². The van der Waals surface area contributed by atoms with Gasteiger partial charge in [-0.05, 0) is 23.8 Å². The van der Waals surface area contributed by atoms with Crippen molar-refractivity contribution in [2.75, 3.05) is 13.6 Å². The molecule has 3 rings (SSSR count). The van der Waals surface area contributed by atoms with Gasteiger partial charge in [0.05, 0.1) is 5.56 Å². The van der Waals surface area contributed by atoms with Crippen LogP contribution >= 0.6 is 11.3 Å². The number of rotatable bonds is 3. The average Bonchev–Trinajstić information content (AvgIpc) is 3.08. The fourth-order valence-corrected chi connectivity index (χ4v) is 3.28. The smallest absolute Gasteiger partial charge is 0.254 e. The van der Waals surface area contributed by atoms with Crippen molar-refractivity contribution in [3.63, 3.8) is 0 Å². The van der Waals surface area contributed by atoms with E-state index in [9.17, 15) is 4.79 Å². The van der Waals surface area contributed by atoms with Crippen LogP contribution in [-0.4, -0.2) is 34.0 Å². The van der Waals surface area contributed by atoms with E-state index in [4.69, 9.17) is 0 Å². The molecule has 3 heterocycles. The van der Waals surface area contributed by atoms with Gasteiger partial charge in [0.1, 0.15) is 5.82 Å². The van der Waals surface area contributed by atoms with E-state index in [-0.39, 0.29) is 5.91 Å². The number of imidazole rings is 1. The number of aryl methyl sites for hydroxylation is 1. The molecule has 0 saturated heterocycles. The second-order valence-corrected chi connectivity index (χ2v) is 5.87. The lowest BCUT2D eigenvalue weighted by molar-refractivity contribution is 0.0764. The minimum atomic E-state index is 0.121. The highest BCUT2D eigenvalue weighted by molar-refractivity contribution is 7.08. The summed E-state index contributed by atoms with van der Waals surface area (Å²) >= 11 is 1.56. The van der Waals surface area contributed by atoms with Crippen LogP contribution in [0.3, 0.4) is 0 Å². The Bertz CT molecular complexity index is 561. The first kappa shape index (κ1) is 12.4. The number of aromatic nitrogens is 2. The molecule has 4 nitrogen and oxygen atoms in total. The number of carbonyl (C=O) groups excluding carboxylic acids is 1. The largest absolute Gasteiger partial charge is 0.341 e. The zero-order valence-corrected chi connectivity index (χ0v) is 11.8. The molecule has 0 saturated carbocycles. The van der Waals surface area contributed by atoms with Crippen LogP contribution in [0, 0.1) is 5.92 Å². The van der Waals surface area contributed by atoms with Crippen LogP contribution in [-0.2, 0) is 13.0 Å². The maximum atomic E-state index is 12.2. The molecule has 0 aromatic carbocycles. The van der Waals surface area contributed by atoms with E-state index in [2.05, 4.69) is 9.55 Å². The Hall–Kier alpha value is -1.62. The number of nitrogens with zero attached hydrogens (tertiary/aromatic N) is 3. The van der Waals surface area contributed by atoms with Crippen LogP contribution in [0.1, 0.15) is 22.6 Å². The first-order valence-corrected chi connectivity index (χ1v) is 7.46. The quantitative estimate of drug-likeness (QED) is 0.862. The van der Waals surface area contributed by atoms with Crippen molar-refractivity contribution < 1.29 is 4.79 Å². The molecule has 1 aliphatic heterocycles. The van der Waals surface area contributed by atoms with E-state index < -0.39 is 0 Å². The van der Waals surface area contributed by atoms with Crippen molar-refractivity contribution in [2.24, 2.45) is 5.92 Å². The molecule has 0 radical (unpaired) electrons. The summed E-state index contributed by atoms with van der Waals surface area (Å²) < 4.78 is 2.21. The van der Waals surface area contributed by atoms with E-state index in [0.717, 1.165) is 37.3 Å². The summed E-state index contributed by atoms with van der Waals surface area (Å²) in [7, 11) is 1.89. The highest BCUT2D eigenvalue weighted by atomic mass is 32.1. The fraction of sp³-hybridized carbons (Fsp3) is 0.429. The third kappa shape index (κ3) is 2.56. The molecule has 100 valence electrons. The van der Waals surface area contributed by atoms with E-state index in [1.165, 1.54) is 0 Å². The first-order chi connectivity index (χ1) is 9.24. The van der Waals surface area contributed by atoms with Gasteiger partial charge in [-0.25, -0.2) is 4.98 Å². The summed E-state index contributed by atoms with van der Waals surface area (Å²) in [5.74, 6) is 1.78. The number of amides is 1. The van der Waals surface area contributed by atoms with Crippen molar-refractivity contribution in [3.05, 3.63) is 40.6 Å². The van der Waals surface area contributed by atoms with Crippen LogP contribution in [0.2, 0.25) is 0 Å². The zero-order valence-electron chi connectivity index (χ0n) is 11.0. The molecule has 19 heavy (non-hydrogen) atoms. The van der Waals surface area contributed by atoms with E-state index in [1.54, 1.807) is 11.3 Å². The number of hydrogen-bond donors (Lipinski definition) is 0. The maximum Gasteiger partial charge on any atom is 0.254 e. The first-order valence-electron chi connectivity index (χ1n) is 6.51. The topological polar surface area (TPSA) is 38.1 Å². The third-order valence-electron chi connectivity index (χ3n) is 3.70.